The molecule has 1 aliphatic rings. The molecule has 0 unspecified atom stereocenters. The Labute approximate surface area is 147 Å². The van der Waals surface area contributed by atoms with Crippen molar-refractivity contribution in [2.75, 3.05) is 6.54 Å². The van der Waals surface area contributed by atoms with Crippen LogP contribution in [0.15, 0.2) is 48.2 Å². The molecule has 0 saturated carbocycles. The first-order valence-electron chi connectivity index (χ1n) is 7.93. The Kier molecular flexibility index (Phi) is 5.84. The van der Waals surface area contributed by atoms with Crippen LogP contribution in [0.3, 0.4) is 0 Å². The van der Waals surface area contributed by atoms with Gasteiger partial charge in [0.05, 0.1) is 11.7 Å². The fraction of sp³-hybridized carbons (Fsp3) is 0.368. The van der Waals surface area contributed by atoms with E-state index in [0.29, 0.717) is 22.8 Å². The molecular weight excluding hydrogens is 326 g/mol. The molecule has 0 saturated heterocycles. The Balaban J connectivity index is 2.51. The van der Waals surface area contributed by atoms with E-state index in [4.69, 9.17) is 16.3 Å². The van der Waals surface area contributed by atoms with E-state index in [1.165, 1.54) is 0 Å². The molecule has 1 amide bonds. The van der Waals surface area contributed by atoms with Crippen molar-refractivity contribution >= 4 is 23.5 Å². The lowest BCUT2D eigenvalue weighted by Gasteiger charge is -2.34. The van der Waals surface area contributed by atoms with Crippen molar-refractivity contribution in [1.82, 2.24) is 4.90 Å². The lowest BCUT2D eigenvalue weighted by molar-refractivity contribution is -0.143. The van der Waals surface area contributed by atoms with Gasteiger partial charge in [-0.1, -0.05) is 29.8 Å². The first-order chi connectivity index (χ1) is 11.3. The molecular formula is C19H22ClNO3. The highest BCUT2D eigenvalue weighted by atomic mass is 35.5. The van der Waals surface area contributed by atoms with Gasteiger partial charge in [0.1, 0.15) is 0 Å². The Hall–Kier alpha value is -2.07. The quantitative estimate of drug-likeness (QED) is 0.596. The van der Waals surface area contributed by atoms with Crippen LogP contribution < -0.4 is 0 Å². The van der Waals surface area contributed by atoms with E-state index in [1.54, 1.807) is 43.9 Å². The third-order valence-electron chi connectivity index (χ3n) is 3.97. The summed E-state index contributed by atoms with van der Waals surface area (Å²) in [6.07, 6.45) is 1.64. The van der Waals surface area contributed by atoms with E-state index in [-0.39, 0.29) is 30.3 Å². The fourth-order valence-corrected chi connectivity index (χ4v) is 3.01. The number of ether oxygens (including phenoxy) is 1. The van der Waals surface area contributed by atoms with Crippen LogP contribution in [0.25, 0.3) is 0 Å². The number of carbonyl (C=O) groups is 2. The number of hydrogen-bond acceptors (Lipinski definition) is 3. The van der Waals surface area contributed by atoms with Gasteiger partial charge in [-0.05, 0) is 38.5 Å². The second-order valence-electron chi connectivity index (χ2n) is 6.05. The highest BCUT2D eigenvalue weighted by Crippen LogP contribution is 2.37. The minimum Gasteiger partial charge on any atom is -0.460 e. The second kappa shape index (κ2) is 7.67. The molecule has 0 radical (unpaired) electrons. The first kappa shape index (κ1) is 18.3. The van der Waals surface area contributed by atoms with Gasteiger partial charge in [-0.3, -0.25) is 4.79 Å². The normalized spacial score (nSPS) is 18.1. The number of rotatable bonds is 5. The number of benzene rings is 1. The summed E-state index contributed by atoms with van der Waals surface area (Å²) in [5, 5.41) is 0.612. The zero-order chi connectivity index (χ0) is 17.9. The predicted octanol–water partition coefficient (Wildman–Crippen LogP) is 4.07. The second-order valence-corrected chi connectivity index (χ2v) is 6.49. The van der Waals surface area contributed by atoms with Crippen LogP contribution in [0, 0.1) is 0 Å². The molecule has 5 heteroatoms. The molecule has 0 aliphatic carbocycles. The van der Waals surface area contributed by atoms with Crippen molar-refractivity contribution < 1.29 is 14.3 Å². The number of amides is 1. The number of esters is 1. The standard InChI is InChI=1S/C19H22ClNO3/c1-5-10-21-13(4)18(19(23)24-12(2)3)16(11-17(21)22)14-6-8-15(20)9-7-14/h5-9,12,16H,1,10-11H2,2-4H3/t16-/m0/s1. The molecule has 128 valence electrons. The average molecular weight is 348 g/mol. The minimum atomic E-state index is -0.385. The summed E-state index contributed by atoms with van der Waals surface area (Å²) < 4.78 is 5.41. The molecule has 24 heavy (non-hydrogen) atoms. The van der Waals surface area contributed by atoms with Crippen LogP contribution >= 0.6 is 11.6 Å². The van der Waals surface area contributed by atoms with Crippen molar-refractivity contribution in [2.45, 2.75) is 39.2 Å². The van der Waals surface area contributed by atoms with Crippen LogP contribution in [-0.2, 0) is 14.3 Å². The van der Waals surface area contributed by atoms with E-state index in [1.807, 2.05) is 12.1 Å². The topological polar surface area (TPSA) is 46.6 Å². The molecule has 0 fully saturated rings. The molecule has 1 aromatic rings. The molecule has 0 N–H and O–H groups in total. The predicted molar refractivity (Wildman–Crippen MR) is 94.6 cm³/mol. The lowest BCUT2D eigenvalue weighted by atomic mass is 9.83. The maximum absolute atomic E-state index is 12.7. The smallest absolute Gasteiger partial charge is 0.336 e. The molecule has 0 spiro atoms. The van der Waals surface area contributed by atoms with Gasteiger partial charge in [0.15, 0.2) is 0 Å². The number of halogens is 1. The summed E-state index contributed by atoms with van der Waals surface area (Å²) in [6.45, 7) is 9.44. The van der Waals surface area contributed by atoms with Crippen LogP contribution in [0.2, 0.25) is 5.02 Å². The van der Waals surface area contributed by atoms with Gasteiger partial charge in [0.2, 0.25) is 5.91 Å². The van der Waals surface area contributed by atoms with Gasteiger partial charge in [-0.15, -0.1) is 6.58 Å². The van der Waals surface area contributed by atoms with E-state index in [0.717, 1.165) is 5.56 Å². The van der Waals surface area contributed by atoms with Crippen molar-refractivity contribution in [2.24, 2.45) is 0 Å². The highest BCUT2D eigenvalue weighted by molar-refractivity contribution is 6.30. The molecule has 1 aromatic carbocycles. The van der Waals surface area contributed by atoms with E-state index in [9.17, 15) is 9.59 Å². The number of allylic oxidation sites excluding steroid dienone is 1. The number of carbonyl (C=O) groups excluding carboxylic acids is 2. The molecule has 1 aliphatic heterocycles. The highest BCUT2D eigenvalue weighted by Gasteiger charge is 2.36. The molecule has 2 rings (SSSR count). The monoisotopic (exact) mass is 347 g/mol. The van der Waals surface area contributed by atoms with Gasteiger partial charge < -0.3 is 9.64 Å². The van der Waals surface area contributed by atoms with Crippen molar-refractivity contribution in [1.29, 1.82) is 0 Å². The van der Waals surface area contributed by atoms with E-state index in [2.05, 4.69) is 6.58 Å². The fourth-order valence-electron chi connectivity index (χ4n) is 2.89. The third kappa shape index (κ3) is 3.88. The molecule has 1 heterocycles. The van der Waals surface area contributed by atoms with Gasteiger partial charge in [-0.25, -0.2) is 4.79 Å². The van der Waals surface area contributed by atoms with Crippen LogP contribution in [-0.4, -0.2) is 29.4 Å². The van der Waals surface area contributed by atoms with Crippen LogP contribution in [0.5, 0.6) is 0 Å². The van der Waals surface area contributed by atoms with Gasteiger partial charge in [0.25, 0.3) is 0 Å². The summed E-state index contributed by atoms with van der Waals surface area (Å²) in [5.74, 6) is -0.750. The molecule has 0 aromatic heterocycles. The molecule has 0 bridgehead atoms. The molecule has 1 atom stereocenters. The van der Waals surface area contributed by atoms with Gasteiger partial charge in [-0.2, -0.15) is 0 Å². The van der Waals surface area contributed by atoms with Gasteiger partial charge >= 0.3 is 5.97 Å². The Morgan fingerprint density at radius 1 is 1.42 bits per heavy atom. The first-order valence-corrected chi connectivity index (χ1v) is 8.31. The Morgan fingerprint density at radius 3 is 2.58 bits per heavy atom. The average Bonchev–Trinajstić information content (AvgIpc) is 2.50. The summed E-state index contributed by atoms with van der Waals surface area (Å²) in [5.41, 5.74) is 2.02. The third-order valence-corrected chi connectivity index (χ3v) is 4.22. The van der Waals surface area contributed by atoms with Crippen LogP contribution in [0.4, 0.5) is 0 Å². The summed E-state index contributed by atoms with van der Waals surface area (Å²) in [4.78, 5) is 26.7. The number of nitrogens with zero attached hydrogens (tertiary/aromatic N) is 1. The van der Waals surface area contributed by atoms with Crippen LogP contribution in [0.1, 0.15) is 38.7 Å². The van der Waals surface area contributed by atoms with Gasteiger partial charge in [0, 0.05) is 29.6 Å². The SMILES string of the molecule is C=CCN1C(=O)C[C@@H](c2ccc(Cl)cc2)C(C(=O)OC(C)C)=C1C. The maximum Gasteiger partial charge on any atom is 0.336 e. The summed E-state index contributed by atoms with van der Waals surface area (Å²) in [7, 11) is 0. The number of hydrogen-bond donors (Lipinski definition) is 0. The van der Waals surface area contributed by atoms with E-state index < -0.39 is 0 Å². The summed E-state index contributed by atoms with van der Waals surface area (Å²) in [6, 6.07) is 7.22. The largest absolute Gasteiger partial charge is 0.460 e. The van der Waals surface area contributed by atoms with Crippen molar-refractivity contribution in [3.8, 4) is 0 Å². The Bertz CT molecular complexity index is 676. The molecule has 4 nitrogen and oxygen atoms in total. The zero-order valence-electron chi connectivity index (χ0n) is 14.2. The van der Waals surface area contributed by atoms with E-state index >= 15 is 0 Å². The van der Waals surface area contributed by atoms with Crippen molar-refractivity contribution in [3.63, 3.8) is 0 Å². The summed E-state index contributed by atoms with van der Waals surface area (Å²) >= 11 is 5.95. The maximum atomic E-state index is 12.7. The minimum absolute atomic E-state index is 0.0338. The lowest BCUT2D eigenvalue weighted by Crippen LogP contribution is -2.38. The Morgan fingerprint density at radius 2 is 2.04 bits per heavy atom. The van der Waals surface area contributed by atoms with Crippen molar-refractivity contribution in [3.05, 3.63) is 58.8 Å². The zero-order valence-corrected chi connectivity index (χ0v) is 15.0.